The fourth-order valence-electron chi connectivity index (χ4n) is 1.85. The maximum Gasteiger partial charge on any atom is -0.0260 e. The van der Waals surface area contributed by atoms with Gasteiger partial charge < -0.3 is 0 Å². The third kappa shape index (κ3) is 4.28. The molecule has 86 valence electrons. The minimum atomic E-state index is 1.14. The van der Waals surface area contributed by atoms with Gasteiger partial charge in [-0.2, -0.15) is 0 Å². The predicted octanol–water partition coefficient (Wildman–Crippen LogP) is 4.72. The fourth-order valence-corrected chi connectivity index (χ4v) is 1.85. The summed E-state index contributed by atoms with van der Waals surface area (Å²) in [6, 6.07) is 21.1. The van der Waals surface area contributed by atoms with Gasteiger partial charge in [-0.3, -0.25) is 0 Å². The van der Waals surface area contributed by atoms with E-state index in [4.69, 9.17) is 0 Å². The molecule has 0 radical (unpaired) electrons. The largest absolute Gasteiger partial charge is 0.0839 e. The van der Waals surface area contributed by atoms with Gasteiger partial charge in [0, 0.05) is 0 Å². The van der Waals surface area contributed by atoms with Gasteiger partial charge in [-0.05, 0) is 30.4 Å². The van der Waals surface area contributed by atoms with Crippen LogP contribution in [0.4, 0.5) is 0 Å². The van der Waals surface area contributed by atoms with Crippen LogP contribution in [0.5, 0.6) is 0 Å². The molecule has 2 aromatic carbocycles. The van der Waals surface area contributed by atoms with Gasteiger partial charge in [-0.15, -0.1) is 0 Å². The summed E-state index contributed by atoms with van der Waals surface area (Å²) in [5.74, 6) is 0. The second-order valence-corrected chi connectivity index (χ2v) is 4.19. The zero-order valence-corrected chi connectivity index (χ0v) is 10.0. The Balaban J connectivity index is 1.72. The molecule has 0 bridgehead atoms. The van der Waals surface area contributed by atoms with Gasteiger partial charge in [0.1, 0.15) is 0 Å². The lowest BCUT2D eigenvalue weighted by Gasteiger charge is -1.98. The van der Waals surface area contributed by atoms with Crippen molar-refractivity contribution in [2.24, 2.45) is 0 Å². The third-order valence-electron chi connectivity index (χ3n) is 2.79. The second kappa shape index (κ2) is 6.70. The fraction of sp³-hybridized carbons (Fsp3) is 0.176. The van der Waals surface area contributed by atoms with E-state index in [1.807, 2.05) is 6.07 Å². The average Bonchev–Trinajstić information content (AvgIpc) is 2.41. The van der Waals surface area contributed by atoms with E-state index in [2.05, 4.69) is 66.7 Å². The zero-order valence-electron chi connectivity index (χ0n) is 10.0. The monoisotopic (exact) mass is 222 g/mol. The number of allylic oxidation sites excluding steroid dienone is 1. The minimum Gasteiger partial charge on any atom is -0.0839 e. The van der Waals surface area contributed by atoms with Crippen molar-refractivity contribution in [2.45, 2.75) is 19.3 Å². The first-order chi connectivity index (χ1) is 8.45. The van der Waals surface area contributed by atoms with Crippen molar-refractivity contribution in [1.29, 1.82) is 0 Å². The molecule has 0 saturated heterocycles. The molecule has 2 rings (SSSR count). The van der Waals surface area contributed by atoms with E-state index in [1.54, 1.807) is 0 Å². The molecule has 0 aliphatic rings. The highest BCUT2D eigenvalue weighted by Crippen LogP contribution is 2.07. The summed E-state index contributed by atoms with van der Waals surface area (Å²) in [4.78, 5) is 0. The van der Waals surface area contributed by atoms with E-state index in [0.717, 1.165) is 6.42 Å². The first-order valence-corrected chi connectivity index (χ1v) is 6.21. The lowest BCUT2D eigenvalue weighted by atomic mass is 10.1. The van der Waals surface area contributed by atoms with Crippen molar-refractivity contribution in [3.8, 4) is 0 Å². The van der Waals surface area contributed by atoms with Crippen molar-refractivity contribution in [2.75, 3.05) is 0 Å². The number of aryl methyl sites for hydroxylation is 1. The van der Waals surface area contributed by atoms with E-state index in [-0.39, 0.29) is 0 Å². The van der Waals surface area contributed by atoms with Gasteiger partial charge in [-0.1, -0.05) is 72.8 Å². The van der Waals surface area contributed by atoms with E-state index in [0.29, 0.717) is 0 Å². The first-order valence-electron chi connectivity index (χ1n) is 6.21. The number of benzene rings is 2. The molecular weight excluding hydrogens is 204 g/mol. The Morgan fingerprint density at radius 3 is 2.12 bits per heavy atom. The van der Waals surface area contributed by atoms with Crippen molar-refractivity contribution in [3.63, 3.8) is 0 Å². The Morgan fingerprint density at radius 1 is 0.765 bits per heavy atom. The predicted molar refractivity (Wildman–Crippen MR) is 74.9 cm³/mol. The topological polar surface area (TPSA) is 0 Å². The lowest BCUT2D eigenvalue weighted by Crippen LogP contribution is -1.82. The summed E-state index contributed by atoms with van der Waals surface area (Å²) >= 11 is 0. The molecule has 0 saturated carbocycles. The number of unbranched alkanes of at least 4 members (excludes halogenated alkanes) is 1. The first kappa shape index (κ1) is 11.7. The molecule has 0 fully saturated rings. The highest BCUT2D eigenvalue weighted by molar-refractivity contribution is 5.48. The molecule has 0 heterocycles. The van der Waals surface area contributed by atoms with Crippen molar-refractivity contribution < 1.29 is 0 Å². The highest BCUT2D eigenvalue weighted by Gasteiger charge is 1.89. The summed E-state index contributed by atoms with van der Waals surface area (Å²) in [6.07, 6.45) is 7.99. The summed E-state index contributed by atoms with van der Waals surface area (Å²) in [5.41, 5.74) is 2.72. The Bertz CT molecular complexity index is 440. The van der Waals surface area contributed by atoms with Gasteiger partial charge in [0.05, 0.1) is 0 Å². The van der Waals surface area contributed by atoms with Crippen LogP contribution in [0.15, 0.2) is 66.7 Å². The highest BCUT2D eigenvalue weighted by atomic mass is 14.0. The van der Waals surface area contributed by atoms with E-state index in [9.17, 15) is 0 Å². The Kier molecular flexibility index (Phi) is 4.59. The maximum absolute atomic E-state index is 2.26. The van der Waals surface area contributed by atoms with Crippen LogP contribution in [-0.2, 0) is 6.42 Å². The van der Waals surface area contributed by atoms with Crippen LogP contribution in [0.2, 0.25) is 0 Å². The van der Waals surface area contributed by atoms with E-state index >= 15 is 0 Å². The lowest BCUT2D eigenvalue weighted by molar-refractivity contribution is 0.845. The summed E-state index contributed by atoms with van der Waals surface area (Å²) in [6.45, 7) is 0. The molecule has 2 aromatic rings. The second-order valence-electron chi connectivity index (χ2n) is 4.19. The Hall–Kier alpha value is -1.82. The summed E-state index contributed by atoms with van der Waals surface area (Å²) < 4.78 is 0. The van der Waals surface area contributed by atoms with E-state index < -0.39 is 0 Å². The summed E-state index contributed by atoms with van der Waals surface area (Å²) in [5, 5.41) is 0. The molecule has 0 heteroatoms. The van der Waals surface area contributed by atoms with Crippen LogP contribution >= 0.6 is 0 Å². The number of hydrogen-bond acceptors (Lipinski definition) is 0. The quantitative estimate of drug-likeness (QED) is 0.642. The molecular formula is C17H18. The van der Waals surface area contributed by atoms with Crippen LogP contribution < -0.4 is 0 Å². The van der Waals surface area contributed by atoms with Gasteiger partial charge in [0.2, 0.25) is 0 Å². The molecule has 0 N–H and O–H groups in total. The third-order valence-corrected chi connectivity index (χ3v) is 2.79. The Labute approximate surface area is 104 Å². The standard InChI is InChI=1S/C17H18/c1-4-10-16(11-5-1)14-8-3-9-15-17-12-6-2-7-13-17/h1-2,4-8,10-14H,3,9,15H2. The van der Waals surface area contributed by atoms with Gasteiger partial charge in [-0.25, -0.2) is 0 Å². The SMILES string of the molecule is C(=Cc1ccccc1)CCCc1ccccc1. The number of hydrogen-bond donors (Lipinski definition) is 0. The smallest absolute Gasteiger partial charge is 0.0260 e. The number of rotatable bonds is 5. The Morgan fingerprint density at radius 2 is 1.41 bits per heavy atom. The van der Waals surface area contributed by atoms with Crippen molar-refractivity contribution in [1.82, 2.24) is 0 Å². The van der Waals surface area contributed by atoms with Crippen LogP contribution in [0, 0.1) is 0 Å². The summed E-state index contributed by atoms with van der Waals surface area (Å²) in [7, 11) is 0. The molecule has 0 spiro atoms. The molecule has 0 aromatic heterocycles. The van der Waals surface area contributed by atoms with Crippen LogP contribution in [0.25, 0.3) is 6.08 Å². The molecule has 17 heavy (non-hydrogen) atoms. The van der Waals surface area contributed by atoms with Gasteiger partial charge in [0.15, 0.2) is 0 Å². The van der Waals surface area contributed by atoms with Crippen molar-refractivity contribution >= 4 is 6.08 Å². The molecule has 0 unspecified atom stereocenters. The molecule has 0 aliphatic heterocycles. The molecule has 0 atom stereocenters. The van der Waals surface area contributed by atoms with E-state index in [1.165, 1.54) is 24.0 Å². The normalized spacial score (nSPS) is 10.8. The van der Waals surface area contributed by atoms with Gasteiger partial charge >= 0.3 is 0 Å². The average molecular weight is 222 g/mol. The molecule has 0 aliphatic carbocycles. The van der Waals surface area contributed by atoms with Crippen molar-refractivity contribution in [3.05, 3.63) is 77.9 Å². The molecule has 0 nitrogen and oxygen atoms in total. The molecule has 0 amide bonds. The van der Waals surface area contributed by atoms with Gasteiger partial charge in [0.25, 0.3) is 0 Å². The minimum absolute atomic E-state index is 1.14. The maximum atomic E-state index is 2.26. The van der Waals surface area contributed by atoms with Crippen LogP contribution in [0.1, 0.15) is 24.0 Å². The van der Waals surface area contributed by atoms with Crippen LogP contribution in [-0.4, -0.2) is 0 Å². The van der Waals surface area contributed by atoms with Crippen LogP contribution in [0.3, 0.4) is 0 Å². The zero-order chi connectivity index (χ0) is 11.8.